The van der Waals surface area contributed by atoms with Crippen LogP contribution in [0.15, 0.2) is 40.4 Å². The normalized spacial score (nSPS) is 11.0. The molecule has 2 aromatic carbocycles. The molecule has 0 aromatic heterocycles. The van der Waals surface area contributed by atoms with Crippen LogP contribution in [-0.2, 0) is 6.61 Å². The number of methoxy groups -OCH3 is 1. The van der Waals surface area contributed by atoms with Gasteiger partial charge < -0.3 is 15.2 Å². The van der Waals surface area contributed by atoms with Crippen molar-refractivity contribution in [1.82, 2.24) is 0 Å². The third-order valence-corrected chi connectivity index (χ3v) is 4.73. The minimum absolute atomic E-state index is 0.0281. The van der Waals surface area contributed by atoms with Crippen LogP contribution in [0, 0.1) is 11.3 Å². The van der Waals surface area contributed by atoms with Crippen molar-refractivity contribution in [2.75, 3.05) is 7.11 Å². The Morgan fingerprint density at radius 2 is 2.08 bits per heavy atom. The van der Waals surface area contributed by atoms with Crippen LogP contribution in [0.25, 0.3) is 6.08 Å². The van der Waals surface area contributed by atoms with E-state index >= 15 is 0 Å². The number of nitrogens with zero attached hydrogens (tertiary/aromatic N) is 1. The third kappa shape index (κ3) is 5.12. The van der Waals surface area contributed by atoms with E-state index in [9.17, 15) is 0 Å². The molecular weight excluding hydrogens is 459 g/mol. The molecule has 134 valence electrons. The highest BCUT2D eigenvalue weighted by atomic mass is 79.9. The fourth-order valence-corrected chi connectivity index (χ4v) is 3.22. The van der Waals surface area contributed by atoms with Crippen molar-refractivity contribution in [2.24, 2.45) is 5.73 Å². The molecule has 0 atom stereocenters. The van der Waals surface area contributed by atoms with E-state index in [1.165, 1.54) is 7.11 Å². The summed E-state index contributed by atoms with van der Waals surface area (Å²) in [5.74, 6) is 0.987. The number of rotatable bonds is 6. The summed E-state index contributed by atoms with van der Waals surface area (Å²) in [5.41, 5.74) is 7.20. The van der Waals surface area contributed by atoms with Gasteiger partial charge in [-0.3, -0.25) is 0 Å². The number of nitriles is 1. The highest BCUT2D eigenvalue weighted by Gasteiger charge is 2.13. The summed E-state index contributed by atoms with van der Waals surface area (Å²) in [6, 6.07) is 10.6. The quantitative estimate of drug-likeness (QED) is 0.340. The molecule has 8 heteroatoms. The Morgan fingerprint density at radius 1 is 1.35 bits per heavy atom. The maximum atomic E-state index is 9.09. The molecule has 0 amide bonds. The first-order valence-corrected chi connectivity index (χ1v) is 9.17. The molecule has 0 bridgehead atoms. The number of ether oxygens (including phenoxy) is 2. The molecule has 2 aromatic rings. The summed E-state index contributed by atoms with van der Waals surface area (Å²) in [4.78, 5) is 0.0281. The van der Waals surface area contributed by atoms with Crippen molar-refractivity contribution in [3.05, 3.63) is 61.5 Å². The smallest absolute Gasteiger partial charge is 0.175 e. The van der Waals surface area contributed by atoms with Crippen molar-refractivity contribution < 1.29 is 9.47 Å². The van der Waals surface area contributed by atoms with E-state index in [0.29, 0.717) is 31.6 Å². The van der Waals surface area contributed by atoms with Crippen molar-refractivity contribution in [3.63, 3.8) is 0 Å². The average Bonchev–Trinajstić information content (AvgIpc) is 2.59. The Kier molecular flexibility index (Phi) is 7.30. The lowest BCUT2D eigenvalue weighted by molar-refractivity contribution is 0.282. The second kappa shape index (κ2) is 9.24. The lowest BCUT2D eigenvalue weighted by Gasteiger charge is -2.14. The highest BCUT2D eigenvalue weighted by Crippen LogP contribution is 2.38. The number of benzene rings is 2. The van der Waals surface area contributed by atoms with Crippen LogP contribution in [0.5, 0.6) is 11.5 Å². The van der Waals surface area contributed by atoms with Gasteiger partial charge in [0, 0.05) is 15.6 Å². The fourth-order valence-electron chi connectivity index (χ4n) is 2.08. The van der Waals surface area contributed by atoms with Gasteiger partial charge >= 0.3 is 0 Å². The molecule has 0 heterocycles. The number of thiocarbonyl (C=S) groups is 1. The van der Waals surface area contributed by atoms with Gasteiger partial charge in [-0.05, 0) is 51.8 Å². The summed E-state index contributed by atoms with van der Waals surface area (Å²) in [7, 11) is 1.52. The second-order valence-electron chi connectivity index (χ2n) is 5.09. The van der Waals surface area contributed by atoms with E-state index in [0.717, 1.165) is 5.56 Å². The van der Waals surface area contributed by atoms with Crippen LogP contribution in [-0.4, -0.2) is 12.1 Å². The lowest BCUT2D eigenvalue weighted by atomic mass is 10.1. The standard InChI is InChI=1S/C18H13BrCl2N2O2S/c1-24-16-6-10(4-12(8-22)18(23)26)5-14(19)17(16)25-9-11-2-3-13(20)7-15(11)21/h2-7H,9H2,1H3,(H2,23,26)/b12-4+. The van der Waals surface area contributed by atoms with Gasteiger partial charge in [0.05, 0.1) is 17.2 Å². The van der Waals surface area contributed by atoms with Gasteiger partial charge in [0.2, 0.25) is 0 Å². The molecule has 4 nitrogen and oxygen atoms in total. The molecule has 0 aliphatic heterocycles. The van der Waals surface area contributed by atoms with Gasteiger partial charge in [0.1, 0.15) is 17.7 Å². The van der Waals surface area contributed by atoms with E-state index in [2.05, 4.69) is 15.9 Å². The molecule has 2 rings (SSSR count). The Balaban J connectivity index is 2.32. The minimum Gasteiger partial charge on any atom is -0.493 e. The van der Waals surface area contributed by atoms with Gasteiger partial charge in [-0.1, -0.05) is 41.5 Å². The Labute approximate surface area is 175 Å². The maximum absolute atomic E-state index is 9.09. The number of halogens is 3. The molecule has 0 fully saturated rings. The molecular formula is C18H13BrCl2N2O2S. The van der Waals surface area contributed by atoms with Crippen molar-refractivity contribution in [1.29, 1.82) is 5.26 Å². The average molecular weight is 472 g/mol. The van der Waals surface area contributed by atoms with E-state index in [1.54, 1.807) is 36.4 Å². The van der Waals surface area contributed by atoms with Gasteiger partial charge in [-0.15, -0.1) is 0 Å². The Bertz CT molecular complexity index is 926. The van der Waals surface area contributed by atoms with E-state index in [-0.39, 0.29) is 17.2 Å². The van der Waals surface area contributed by atoms with Crippen molar-refractivity contribution in [3.8, 4) is 17.6 Å². The molecule has 2 N–H and O–H groups in total. The zero-order valence-electron chi connectivity index (χ0n) is 13.6. The Morgan fingerprint density at radius 3 is 2.65 bits per heavy atom. The largest absolute Gasteiger partial charge is 0.493 e. The number of nitrogens with two attached hydrogens (primary N) is 1. The van der Waals surface area contributed by atoms with Crippen molar-refractivity contribution in [2.45, 2.75) is 6.61 Å². The van der Waals surface area contributed by atoms with Crippen LogP contribution >= 0.6 is 51.3 Å². The van der Waals surface area contributed by atoms with E-state index in [1.807, 2.05) is 6.07 Å². The SMILES string of the molecule is COc1cc(/C=C(\C#N)C(N)=S)cc(Br)c1OCc1ccc(Cl)cc1Cl. The first kappa shape index (κ1) is 20.5. The topological polar surface area (TPSA) is 68.3 Å². The first-order chi connectivity index (χ1) is 12.3. The summed E-state index contributed by atoms with van der Waals surface area (Å²) in [6.07, 6.45) is 1.58. The third-order valence-electron chi connectivity index (χ3n) is 3.34. The molecule has 0 spiro atoms. The van der Waals surface area contributed by atoms with Gasteiger partial charge in [-0.2, -0.15) is 5.26 Å². The van der Waals surface area contributed by atoms with Gasteiger partial charge in [0.15, 0.2) is 11.5 Å². The maximum Gasteiger partial charge on any atom is 0.175 e. The number of hydrogen-bond acceptors (Lipinski definition) is 4. The van der Waals surface area contributed by atoms with E-state index < -0.39 is 0 Å². The monoisotopic (exact) mass is 470 g/mol. The molecule has 0 unspecified atom stereocenters. The summed E-state index contributed by atoms with van der Waals surface area (Å²) >= 11 is 20.4. The molecule has 0 aliphatic rings. The zero-order valence-corrected chi connectivity index (χ0v) is 17.5. The molecule has 26 heavy (non-hydrogen) atoms. The Hall–Kier alpha value is -1.78. The fraction of sp³-hybridized carbons (Fsp3) is 0.111. The lowest BCUT2D eigenvalue weighted by Crippen LogP contribution is -2.09. The molecule has 0 aliphatic carbocycles. The van der Waals surface area contributed by atoms with Crippen LogP contribution in [0.4, 0.5) is 0 Å². The van der Waals surface area contributed by atoms with Gasteiger partial charge in [-0.25, -0.2) is 0 Å². The summed E-state index contributed by atoms with van der Waals surface area (Å²) in [6.45, 7) is 0.233. The van der Waals surface area contributed by atoms with Crippen molar-refractivity contribution >= 4 is 62.4 Å². The molecule has 0 saturated carbocycles. The summed E-state index contributed by atoms with van der Waals surface area (Å²) in [5, 5.41) is 10.2. The minimum atomic E-state index is 0.0281. The summed E-state index contributed by atoms with van der Waals surface area (Å²) < 4.78 is 11.9. The second-order valence-corrected chi connectivity index (χ2v) is 7.23. The van der Waals surface area contributed by atoms with Crippen LogP contribution in [0.2, 0.25) is 10.0 Å². The van der Waals surface area contributed by atoms with Crippen LogP contribution < -0.4 is 15.2 Å². The van der Waals surface area contributed by atoms with Gasteiger partial charge in [0.25, 0.3) is 0 Å². The zero-order chi connectivity index (χ0) is 19.3. The first-order valence-electron chi connectivity index (χ1n) is 7.21. The molecule has 0 radical (unpaired) electrons. The highest BCUT2D eigenvalue weighted by molar-refractivity contribution is 9.10. The predicted molar refractivity (Wildman–Crippen MR) is 112 cm³/mol. The predicted octanol–water partition coefficient (Wildman–Crippen LogP) is 5.54. The number of hydrogen-bond donors (Lipinski definition) is 1. The van der Waals surface area contributed by atoms with E-state index in [4.69, 9.17) is 55.9 Å². The molecule has 0 saturated heterocycles. The van der Waals surface area contributed by atoms with Crippen LogP contribution in [0.3, 0.4) is 0 Å². The van der Waals surface area contributed by atoms with Crippen LogP contribution in [0.1, 0.15) is 11.1 Å².